The summed E-state index contributed by atoms with van der Waals surface area (Å²) in [5, 5.41) is 12.4. The molecule has 4 heteroatoms. The number of hydrogen-bond donors (Lipinski definition) is 1. The summed E-state index contributed by atoms with van der Waals surface area (Å²) in [6, 6.07) is 48.4. The quantitative estimate of drug-likeness (QED) is 0.174. The number of phenols is 1. The Hall–Kier alpha value is -6.26. The molecule has 2 heterocycles. The predicted octanol–water partition coefficient (Wildman–Crippen LogP) is 16.2. The minimum Gasteiger partial charge on any atom is -0.507 e. The minimum atomic E-state index is -0.306. The monoisotopic (exact) mass is 844 g/mol. The Morgan fingerprint density at radius 1 is 0.484 bits per heavy atom. The van der Waals surface area contributed by atoms with Crippen molar-refractivity contribution < 1.29 is 5.11 Å². The molecular formula is C60H65N3O. The van der Waals surface area contributed by atoms with Crippen LogP contribution in [0.3, 0.4) is 0 Å². The molecule has 64 heavy (non-hydrogen) atoms. The normalized spacial score (nSPS) is 12.6. The fraction of sp³-hybridized carbons (Fsp3) is 0.300. The molecule has 8 rings (SSSR count). The number of para-hydroxylation sites is 1. The maximum absolute atomic E-state index is 12.4. The second-order valence-electron chi connectivity index (χ2n) is 21.7. The molecule has 0 amide bonds. The Labute approximate surface area is 382 Å². The van der Waals surface area contributed by atoms with Crippen molar-refractivity contribution in [2.24, 2.45) is 0 Å². The van der Waals surface area contributed by atoms with Crippen LogP contribution >= 0.6 is 0 Å². The Morgan fingerprint density at radius 2 is 1.14 bits per heavy atom. The summed E-state index contributed by atoms with van der Waals surface area (Å²) in [5.74, 6) is 0.983. The molecule has 8 aromatic rings. The lowest BCUT2D eigenvalue weighted by Gasteiger charge is -2.27. The summed E-state index contributed by atoms with van der Waals surface area (Å²) >= 11 is 0. The Morgan fingerprint density at radius 3 is 1.78 bits per heavy atom. The van der Waals surface area contributed by atoms with E-state index in [9.17, 15) is 5.11 Å². The van der Waals surface area contributed by atoms with E-state index in [-0.39, 0.29) is 27.4 Å². The molecule has 0 saturated carbocycles. The fourth-order valence-electron chi connectivity index (χ4n) is 8.79. The van der Waals surface area contributed by atoms with Gasteiger partial charge < -0.3 is 5.11 Å². The summed E-state index contributed by atoms with van der Waals surface area (Å²) in [4.78, 5) is 10.6. The van der Waals surface area contributed by atoms with Crippen LogP contribution in [0.25, 0.3) is 72.7 Å². The third-order valence-electron chi connectivity index (χ3n) is 12.8. The molecule has 0 spiro atoms. The average molecular weight is 844 g/mol. The van der Waals surface area contributed by atoms with Crippen LogP contribution in [0, 0.1) is 0 Å². The zero-order valence-electron chi connectivity index (χ0n) is 40.3. The second kappa shape index (κ2) is 16.4. The number of hydrogen-bond acceptors (Lipinski definition) is 3. The largest absolute Gasteiger partial charge is 0.507 e. The molecule has 6 aromatic carbocycles. The third-order valence-corrected chi connectivity index (χ3v) is 12.8. The number of imidazole rings is 1. The Balaban J connectivity index is 1.38. The summed E-state index contributed by atoms with van der Waals surface area (Å²) in [5.41, 5.74) is 17.7. The van der Waals surface area contributed by atoms with E-state index in [1.165, 1.54) is 33.4 Å². The number of aromatic nitrogens is 3. The standard InChI is InChI=1S/C60H65N3O/c1-14-38-34-47(27-28-48(38)40-19-16-15-17-20-40)63-53-22-18-21-49(54(53)62-56(63)50-36-46(59(8,9)10)37-51(55(50)64)60(11,12)13)42-31-43(33-45(32-42)58(5,6)7)52-35-41(29-30-61-52)39-23-25-44(26-24-39)57(2,3)4/h15-37,64H,14H2,1-13H3. The number of rotatable bonds is 7. The smallest absolute Gasteiger partial charge is 0.149 e. The molecule has 0 atom stereocenters. The highest BCUT2D eigenvalue weighted by molar-refractivity contribution is 5.97. The van der Waals surface area contributed by atoms with Crippen molar-refractivity contribution in [3.63, 3.8) is 0 Å². The lowest BCUT2D eigenvalue weighted by atomic mass is 9.79. The first kappa shape index (κ1) is 44.4. The Kier molecular flexibility index (Phi) is 11.4. The van der Waals surface area contributed by atoms with Crippen LogP contribution in [0.1, 0.15) is 118 Å². The van der Waals surface area contributed by atoms with E-state index in [1.807, 2.05) is 6.20 Å². The van der Waals surface area contributed by atoms with Crippen molar-refractivity contribution in [3.05, 3.63) is 167 Å². The van der Waals surface area contributed by atoms with E-state index in [0.717, 1.165) is 67.8 Å². The van der Waals surface area contributed by atoms with E-state index in [0.29, 0.717) is 5.82 Å². The molecule has 4 nitrogen and oxygen atoms in total. The van der Waals surface area contributed by atoms with Gasteiger partial charge in [0.05, 0.1) is 22.3 Å². The van der Waals surface area contributed by atoms with Crippen molar-refractivity contribution in [1.29, 1.82) is 0 Å². The van der Waals surface area contributed by atoms with Crippen molar-refractivity contribution in [2.75, 3.05) is 0 Å². The van der Waals surface area contributed by atoms with E-state index in [2.05, 4.69) is 228 Å². The molecule has 0 aliphatic carbocycles. The molecule has 326 valence electrons. The van der Waals surface area contributed by atoms with Gasteiger partial charge in [-0.15, -0.1) is 0 Å². The van der Waals surface area contributed by atoms with Gasteiger partial charge in [0.1, 0.15) is 11.6 Å². The van der Waals surface area contributed by atoms with Crippen molar-refractivity contribution in [3.8, 4) is 67.5 Å². The van der Waals surface area contributed by atoms with Gasteiger partial charge >= 0.3 is 0 Å². The molecule has 0 fully saturated rings. The number of aryl methyl sites for hydroxylation is 1. The second-order valence-corrected chi connectivity index (χ2v) is 21.7. The fourth-order valence-corrected chi connectivity index (χ4v) is 8.79. The molecular weight excluding hydrogens is 779 g/mol. The Bertz CT molecular complexity index is 3000. The molecule has 1 N–H and O–H groups in total. The molecule has 0 unspecified atom stereocenters. The number of aromatic hydroxyl groups is 1. The molecule has 2 aromatic heterocycles. The van der Waals surface area contributed by atoms with Crippen LogP contribution in [0.4, 0.5) is 0 Å². The van der Waals surface area contributed by atoms with Crippen LogP contribution in [0.2, 0.25) is 0 Å². The van der Waals surface area contributed by atoms with E-state index < -0.39 is 0 Å². The zero-order valence-corrected chi connectivity index (χ0v) is 40.3. The number of pyridine rings is 1. The SMILES string of the molecule is CCc1cc(-n2c(-c3cc(C(C)(C)C)cc(C(C)(C)C)c3O)nc3c(-c4cc(-c5cc(-c6ccc(C(C)(C)C)cc6)ccn5)cc(C(C)(C)C)c4)cccc32)ccc1-c1ccccc1. The van der Waals surface area contributed by atoms with Gasteiger partial charge in [-0.05, 0) is 127 Å². The van der Waals surface area contributed by atoms with E-state index >= 15 is 0 Å². The van der Waals surface area contributed by atoms with Gasteiger partial charge in [0, 0.05) is 28.6 Å². The van der Waals surface area contributed by atoms with Crippen molar-refractivity contribution in [1.82, 2.24) is 14.5 Å². The first-order valence-electron chi connectivity index (χ1n) is 22.9. The van der Waals surface area contributed by atoms with Crippen LogP contribution in [0.15, 0.2) is 140 Å². The van der Waals surface area contributed by atoms with Crippen LogP contribution < -0.4 is 0 Å². The number of benzene rings is 6. The molecule has 0 bridgehead atoms. The van der Waals surface area contributed by atoms with Crippen LogP contribution in [-0.2, 0) is 28.1 Å². The highest BCUT2D eigenvalue weighted by atomic mass is 16.3. The van der Waals surface area contributed by atoms with Gasteiger partial charge in [-0.25, -0.2) is 4.98 Å². The van der Waals surface area contributed by atoms with Gasteiger partial charge in [0.15, 0.2) is 0 Å². The predicted molar refractivity (Wildman–Crippen MR) is 272 cm³/mol. The van der Waals surface area contributed by atoms with Gasteiger partial charge in [0.25, 0.3) is 0 Å². The average Bonchev–Trinajstić information content (AvgIpc) is 3.65. The van der Waals surface area contributed by atoms with Gasteiger partial charge in [0.2, 0.25) is 0 Å². The van der Waals surface area contributed by atoms with Crippen molar-refractivity contribution >= 4 is 11.0 Å². The first-order valence-corrected chi connectivity index (χ1v) is 22.9. The van der Waals surface area contributed by atoms with Gasteiger partial charge in [-0.3, -0.25) is 9.55 Å². The maximum atomic E-state index is 12.4. The van der Waals surface area contributed by atoms with E-state index in [1.54, 1.807) is 0 Å². The minimum absolute atomic E-state index is 0.0862. The number of fused-ring (bicyclic) bond motifs is 1. The lowest BCUT2D eigenvalue weighted by Crippen LogP contribution is -2.17. The maximum Gasteiger partial charge on any atom is 0.149 e. The summed E-state index contributed by atoms with van der Waals surface area (Å²) in [6.45, 7) is 29.0. The van der Waals surface area contributed by atoms with Gasteiger partial charge in [-0.2, -0.15) is 0 Å². The third kappa shape index (κ3) is 8.68. The molecule has 0 saturated heterocycles. The number of nitrogens with zero attached hydrogens (tertiary/aromatic N) is 3. The topological polar surface area (TPSA) is 50.9 Å². The summed E-state index contributed by atoms with van der Waals surface area (Å²) in [7, 11) is 0. The first-order chi connectivity index (χ1) is 30.1. The highest BCUT2D eigenvalue weighted by Crippen LogP contribution is 2.45. The van der Waals surface area contributed by atoms with E-state index in [4.69, 9.17) is 9.97 Å². The zero-order chi connectivity index (χ0) is 45.9. The lowest BCUT2D eigenvalue weighted by molar-refractivity contribution is 0.446. The summed E-state index contributed by atoms with van der Waals surface area (Å²) in [6.07, 6.45) is 2.79. The van der Waals surface area contributed by atoms with Gasteiger partial charge in [-0.1, -0.05) is 175 Å². The molecule has 0 aliphatic rings. The van der Waals surface area contributed by atoms with Crippen LogP contribution in [0.5, 0.6) is 5.75 Å². The summed E-state index contributed by atoms with van der Waals surface area (Å²) < 4.78 is 2.27. The molecule has 0 aliphatic heterocycles. The number of phenolic OH excluding ortho intramolecular Hbond substituents is 1. The van der Waals surface area contributed by atoms with Crippen LogP contribution in [-0.4, -0.2) is 19.6 Å². The molecule has 0 radical (unpaired) electrons. The van der Waals surface area contributed by atoms with Crippen molar-refractivity contribution in [2.45, 2.75) is 118 Å². The highest BCUT2D eigenvalue weighted by Gasteiger charge is 2.29.